The maximum Gasteiger partial charge on any atom is 0.226 e. The standard InChI is InChI=1S/C23H28N4O/c1-17(2)15-27-21(25-20-9-6-11-24-23(20)27)13-19-10-12-26(16-19)22(28)14-18-7-4-3-5-8-18/h3-9,11,17,19H,10,12-16H2,1-2H3/t19-/m1/s1. The van der Waals surface area contributed by atoms with Gasteiger partial charge in [0.05, 0.1) is 6.42 Å². The van der Waals surface area contributed by atoms with E-state index >= 15 is 0 Å². The summed E-state index contributed by atoms with van der Waals surface area (Å²) in [5.74, 6) is 2.32. The first-order valence-electron chi connectivity index (χ1n) is 10.2. The van der Waals surface area contributed by atoms with Crippen LogP contribution in [0, 0.1) is 11.8 Å². The molecule has 3 aromatic rings. The first kappa shape index (κ1) is 18.7. The lowest BCUT2D eigenvalue weighted by Crippen LogP contribution is -2.30. The predicted octanol–water partition coefficient (Wildman–Crippen LogP) is 3.72. The van der Waals surface area contributed by atoms with Gasteiger partial charge in [-0.05, 0) is 36.0 Å². The Morgan fingerprint density at radius 2 is 2.00 bits per heavy atom. The van der Waals surface area contributed by atoms with E-state index in [1.165, 1.54) is 0 Å². The van der Waals surface area contributed by atoms with Crippen LogP contribution < -0.4 is 0 Å². The van der Waals surface area contributed by atoms with Crippen molar-refractivity contribution in [1.29, 1.82) is 0 Å². The molecule has 1 aliphatic rings. The fraction of sp³-hybridized carbons (Fsp3) is 0.435. The third-order valence-corrected chi connectivity index (χ3v) is 5.44. The van der Waals surface area contributed by atoms with Crippen molar-refractivity contribution < 1.29 is 4.79 Å². The van der Waals surface area contributed by atoms with E-state index in [0.29, 0.717) is 18.3 Å². The summed E-state index contributed by atoms with van der Waals surface area (Å²) < 4.78 is 2.27. The smallest absolute Gasteiger partial charge is 0.226 e. The zero-order valence-corrected chi connectivity index (χ0v) is 16.7. The lowest BCUT2D eigenvalue weighted by molar-refractivity contribution is -0.129. The average Bonchev–Trinajstić information content (AvgIpc) is 3.28. The van der Waals surface area contributed by atoms with Crippen molar-refractivity contribution in [3.05, 3.63) is 60.0 Å². The van der Waals surface area contributed by atoms with Gasteiger partial charge in [0, 0.05) is 32.3 Å². The predicted molar refractivity (Wildman–Crippen MR) is 111 cm³/mol. The van der Waals surface area contributed by atoms with Crippen molar-refractivity contribution >= 4 is 17.1 Å². The molecule has 1 saturated heterocycles. The summed E-state index contributed by atoms with van der Waals surface area (Å²) >= 11 is 0. The van der Waals surface area contributed by atoms with E-state index in [-0.39, 0.29) is 5.91 Å². The molecule has 1 aliphatic heterocycles. The molecule has 1 amide bonds. The molecule has 1 atom stereocenters. The largest absolute Gasteiger partial charge is 0.342 e. The summed E-state index contributed by atoms with van der Waals surface area (Å²) in [6, 6.07) is 14.0. The van der Waals surface area contributed by atoms with Crippen LogP contribution in [-0.2, 0) is 24.2 Å². The molecule has 3 heterocycles. The van der Waals surface area contributed by atoms with Gasteiger partial charge in [-0.2, -0.15) is 0 Å². The molecule has 0 unspecified atom stereocenters. The number of benzene rings is 1. The monoisotopic (exact) mass is 376 g/mol. The Hall–Kier alpha value is -2.69. The Kier molecular flexibility index (Phi) is 5.42. The van der Waals surface area contributed by atoms with Crippen LogP contribution in [0.3, 0.4) is 0 Å². The average molecular weight is 377 g/mol. The molecule has 1 fully saturated rings. The number of fused-ring (bicyclic) bond motifs is 1. The van der Waals surface area contributed by atoms with Gasteiger partial charge < -0.3 is 9.47 Å². The number of aromatic nitrogens is 3. The molecule has 0 saturated carbocycles. The van der Waals surface area contributed by atoms with Gasteiger partial charge in [0.1, 0.15) is 11.3 Å². The Labute approximate surface area is 166 Å². The molecule has 0 spiro atoms. The van der Waals surface area contributed by atoms with Crippen molar-refractivity contribution in [2.45, 2.75) is 39.7 Å². The number of rotatable bonds is 6. The number of likely N-dealkylation sites (tertiary alicyclic amines) is 1. The lowest BCUT2D eigenvalue weighted by Gasteiger charge is -2.17. The van der Waals surface area contributed by atoms with E-state index in [1.54, 1.807) is 0 Å². The summed E-state index contributed by atoms with van der Waals surface area (Å²) in [4.78, 5) is 24.1. The third kappa shape index (κ3) is 4.08. The summed E-state index contributed by atoms with van der Waals surface area (Å²) in [6.45, 7) is 7.03. The van der Waals surface area contributed by atoms with Crippen LogP contribution in [0.15, 0.2) is 48.7 Å². The minimum Gasteiger partial charge on any atom is -0.342 e. The van der Waals surface area contributed by atoms with Crippen LogP contribution >= 0.6 is 0 Å². The zero-order valence-electron chi connectivity index (χ0n) is 16.7. The summed E-state index contributed by atoms with van der Waals surface area (Å²) in [5.41, 5.74) is 3.02. The second-order valence-corrected chi connectivity index (χ2v) is 8.24. The van der Waals surface area contributed by atoms with Crippen LogP contribution in [0.4, 0.5) is 0 Å². The Morgan fingerprint density at radius 1 is 1.18 bits per heavy atom. The topological polar surface area (TPSA) is 51.0 Å². The fourth-order valence-electron chi connectivity index (χ4n) is 4.08. The highest BCUT2D eigenvalue weighted by Crippen LogP contribution is 2.24. The second kappa shape index (κ2) is 8.13. The maximum atomic E-state index is 12.7. The van der Waals surface area contributed by atoms with Crippen LogP contribution in [-0.4, -0.2) is 38.4 Å². The molecule has 146 valence electrons. The number of carbonyl (C=O) groups excluding carboxylic acids is 1. The van der Waals surface area contributed by atoms with Crippen LogP contribution in [0.25, 0.3) is 11.2 Å². The Bertz CT molecular complexity index is 948. The molecule has 4 rings (SSSR count). The van der Waals surface area contributed by atoms with Crippen molar-refractivity contribution in [3.8, 4) is 0 Å². The summed E-state index contributed by atoms with van der Waals surface area (Å²) in [6.07, 6.45) is 4.27. The zero-order chi connectivity index (χ0) is 19.5. The van der Waals surface area contributed by atoms with E-state index < -0.39 is 0 Å². The molecule has 0 radical (unpaired) electrons. The highest BCUT2D eigenvalue weighted by molar-refractivity contribution is 5.79. The molecule has 0 bridgehead atoms. The SMILES string of the molecule is CC(C)Cn1c(C[C@H]2CCN(C(=O)Cc3ccccc3)C2)nc2cccnc21. The summed E-state index contributed by atoms with van der Waals surface area (Å²) in [7, 11) is 0. The number of amides is 1. The van der Waals surface area contributed by atoms with E-state index in [1.807, 2.05) is 53.6 Å². The number of imidazole rings is 1. The fourth-order valence-corrected chi connectivity index (χ4v) is 4.08. The van der Waals surface area contributed by atoms with Crippen molar-refractivity contribution in [2.75, 3.05) is 13.1 Å². The van der Waals surface area contributed by atoms with E-state index in [4.69, 9.17) is 4.98 Å². The molecule has 1 aromatic carbocycles. The highest BCUT2D eigenvalue weighted by atomic mass is 16.2. The molecule has 2 aromatic heterocycles. The van der Waals surface area contributed by atoms with Gasteiger partial charge in [-0.15, -0.1) is 0 Å². The second-order valence-electron chi connectivity index (χ2n) is 8.24. The minimum absolute atomic E-state index is 0.228. The van der Waals surface area contributed by atoms with Gasteiger partial charge in [0.25, 0.3) is 0 Å². The van der Waals surface area contributed by atoms with Gasteiger partial charge in [-0.25, -0.2) is 9.97 Å². The molecule has 5 heteroatoms. The number of carbonyl (C=O) groups is 1. The molecule has 28 heavy (non-hydrogen) atoms. The van der Waals surface area contributed by atoms with E-state index in [2.05, 4.69) is 23.4 Å². The Balaban J connectivity index is 1.45. The van der Waals surface area contributed by atoms with E-state index in [0.717, 1.165) is 55.0 Å². The normalized spacial score (nSPS) is 17.0. The van der Waals surface area contributed by atoms with Crippen LogP contribution in [0.5, 0.6) is 0 Å². The van der Waals surface area contributed by atoms with E-state index in [9.17, 15) is 4.79 Å². The van der Waals surface area contributed by atoms with Crippen molar-refractivity contribution in [2.24, 2.45) is 11.8 Å². The van der Waals surface area contributed by atoms with Gasteiger partial charge in [0.15, 0.2) is 5.65 Å². The maximum absolute atomic E-state index is 12.7. The minimum atomic E-state index is 0.228. The number of hydrogen-bond donors (Lipinski definition) is 0. The molecule has 0 aliphatic carbocycles. The van der Waals surface area contributed by atoms with Crippen LogP contribution in [0.1, 0.15) is 31.7 Å². The summed E-state index contributed by atoms with van der Waals surface area (Å²) in [5, 5.41) is 0. The first-order chi connectivity index (χ1) is 13.6. The highest BCUT2D eigenvalue weighted by Gasteiger charge is 2.28. The van der Waals surface area contributed by atoms with Crippen molar-refractivity contribution in [3.63, 3.8) is 0 Å². The van der Waals surface area contributed by atoms with Crippen LogP contribution in [0.2, 0.25) is 0 Å². The van der Waals surface area contributed by atoms with Gasteiger partial charge in [0.2, 0.25) is 5.91 Å². The molecule has 0 N–H and O–H groups in total. The van der Waals surface area contributed by atoms with Gasteiger partial charge >= 0.3 is 0 Å². The molecular weight excluding hydrogens is 348 g/mol. The number of hydrogen-bond acceptors (Lipinski definition) is 3. The third-order valence-electron chi connectivity index (χ3n) is 5.44. The van der Waals surface area contributed by atoms with Crippen molar-refractivity contribution in [1.82, 2.24) is 19.4 Å². The van der Waals surface area contributed by atoms with Gasteiger partial charge in [-0.3, -0.25) is 4.79 Å². The first-order valence-corrected chi connectivity index (χ1v) is 10.2. The molecule has 5 nitrogen and oxygen atoms in total. The Morgan fingerprint density at radius 3 is 2.79 bits per heavy atom. The molecular formula is C23H28N4O. The number of nitrogens with zero attached hydrogens (tertiary/aromatic N) is 4. The lowest BCUT2D eigenvalue weighted by atomic mass is 10.0. The quantitative estimate of drug-likeness (QED) is 0.659. The number of pyridine rings is 1. The van der Waals surface area contributed by atoms with Gasteiger partial charge in [-0.1, -0.05) is 44.2 Å².